The van der Waals surface area contributed by atoms with Gasteiger partial charge in [0.25, 0.3) is 0 Å². The number of halogens is 6. The van der Waals surface area contributed by atoms with Gasteiger partial charge in [-0.05, 0) is 62.2 Å². The van der Waals surface area contributed by atoms with E-state index in [0.717, 1.165) is 18.4 Å². The second-order valence-corrected chi connectivity index (χ2v) is 10.00. The number of rotatable bonds is 9. The van der Waals surface area contributed by atoms with Gasteiger partial charge in [-0.3, -0.25) is 0 Å². The first-order chi connectivity index (χ1) is 18.4. The summed E-state index contributed by atoms with van der Waals surface area (Å²) < 4.78 is 101. The van der Waals surface area contributed by atoms with E-state index in [9.17, 15) is 30.6 Å². The van der Waals surface area contributed by atoms with E-state index in [2.05, 4.69) is 43.2 Å². The van der Waals surface area contributed by atoms with Gasteiger partial charge in [-0.1, -0.05) is 48.5 Å². The summed E-state index contributed by atoms with van der Waals surface area (Å²) in [6.07, 6.45) is 4.90. The van der Waals surface area contributed by atoms with E-state index in [-0.39, 0.29) is 16.9 Å². The Kier molecular flexibility index (Phi) is 13.5. The minimum Gasteiger partial charge on any atom is -0.463 e. The van der Waals surface area contributed by atoms with Crippen molar-refractivity contribution in [2.24, 2.45) is 0 Å². The molecule has 0 fully saturated rings. The number of alkyl halides is 4. The molecule has 0 saturated heterocycles. The topological polar surface area (TPSA) is 38.3 Å². The SMILES string of the molecule is C#C.C=COc1cc([C@@H](NS(=O)C(C)C)c2cc(F)cc(C(F)(F)C(F)F)c2)ccc1F.Cc1ccccc1. The average molecular weight is 570 g/mol. The predicted octanol–water partition coefficient (Wildman–Crippen LogP) is 7.84. The van der Waals surface area contributed by atoms with Gasteiger partial charge < -0.3 is 4.74 Å². The van der Waals surface area contributed by atoms with Gasteiger partial charge in [0.1, 0.15) is 5.82 Å². The fourth-order valence-electron chi connectivity index (χ4n) is 3.09. The molecule has 0 aliphatic heterocycles. The van der Waals surface area contributed by atoms with Crippen molar-refractivity contribution in [3.8, 4) is 18.6 Å². The van der Waals surface area contributed by atoms with Crippen molar-refractivity contribution in [3.05, 3.63) is 113 Å². The van der Waals surface area contributed by atoms with Crippen LogP contribution in [0.1, 0.15) is 42.1 Å². The fraction of sp³-hybridized carbons (Fsp3) is 0.241. The Labute approximate surface area is 227 Å². The highest BCUT2D eigenvalue weighted by molar-refractivity contribution is 7.83. The van der Waals surface area contributed by atoms with Gasteiger partial charge in [0.15, 0.2) is 11.6 Å². The number of hydrogen-bond acceptors (Lipinski definition) is 2. The lowest BCUT2D eigenvalue weighted by molar-refractivity contribution is -0.135. The maximum atomic E-state index is 14.1. The van der Waals surface area contributed by atoms with Crippen LogP contribution in [-0.2, 0) is 16.9 Å². The quantitative estimate of drug-likeness (QED) is 0.162. The summed E-state index contributed by atoms with van der Waals surface area (Å²) in [4.78, 5) is 0. The zero-order chi connectivity index (χ0) is 29.8. The molecular formula is C29H29F6NO2S. The second-order valence-electron chi connectivity index (χ2n) is 8.22. The van der Waals surface area contributed by atoms with E-state index in [0.29, 0.717) is 12.1 Å². The molecule has 0 heterocycles. The molecular weight excluding hydrogens is 540 g/mol. The highest BCUT2D eigenvalue weighted by atomic mass is 32.2. The molecule has 39 heavy (non-hydrogen) atoms. The molecule has 10 heteroatoms. The predicted molar refractivity (Wildman–Crippen MR) is 143 cm³/mol. The molecule has 2 atom stereocenters. The van der Waals surface area contributed by atoms with Gasteiger partial charge in [-0.15, -0.1) is 12.8 Å². The zero-order valence-corrected chi connectivity index (χ0v) is 22.3. The molecule has 0 saturated carbocycles. The number of terminal acetylenes is 1. The first kappa shape index (κ1) is 33.5. The standard InChI is InChI=1S/C20H19F6NO2S.C7H8.C2H2/c1-4-29-17-9-12(5-6-16(17)22)18(27-30(28)11(2)3)13-7-14(10-15(21)8-13)20(25,26)19(23)24;1-7-5-3-2-4-6-7;1-2/h4-11,18-19,27H,1H2,2-3H3;2-6H,1H3;1-2H/t18-,30?;;/m1../s1. The van der Waals surface area contributed by atoms with E-state index in [1.54, 1.807) is 13.8 Å². The number of hydrogen-bond donors (Lipinski definition) is 1. The fourth-order valence-corrected chi connectivity index (χ4v) is 3.87. The van der Waals surface area contributed by atoms with Crippen LogP contribution in [-0.4, -0.2) is 15.9 Å². The monoisotopic (exact) mass is 569 g/mol. The van der Waals surface area contributed by atoms with Gasteiger partial charge in [0, 0.05) is 10.8 Å². The molecule has 0 spiro atoms. The summed E-state index contributed by atoms with van der Waals surface area (Å²) >= 11 is 0. The molecule has 0 amide bonds. The lowest BCUT2D eigenvalue weighted by atomic mass is 9.95. The first-order valence-corrected chi connectivity index (χ1v) is 12.6. The van der Waals surface area contributed by atoms with Gasteiger partial charge in [0.2, 0.25) is 0 Å². The largest absolute Gasteiger partial charge is 0.463 e. The van der Waals surface area contributed by atoms with Gasteiger partial charge in [-0.2, -0.15) is 8.78 Å². The molecule has 1 N–H and O–H groups in total. The molecule has 3 aromatic rings. The van der Waals surface area contributed by atoms with Gasteiger partial charge in [-0.25, -0.2) is 26.5 Å². The van der Waals surface area contributed by atoms with Crippen molar-refractivity contribution in [1.29, 1.82) is 0 Å². The van der Waals surface area contributed by atoms with Crippen LogP contribution >= 0.6 is 0 Å². The van der Waals surface area contributed by atoms with E-state index < -0.39 is 51.8 Å². The highest BCUT2D eigenvalue weighted by Gasteiger charge is 2.43. The third-order valence-corrected chi connectivity index (χ3v) is 6.34. The van der Waals surface area contributed by atoms with E-state index in [1.165, 1.54) is 17.7 Å². The Morgan fingerprint density at radius 1 is 0.974 bits per heavy atom. The molecule has 3 nitrogen and oxygen atoms in total. The maximum absolute atomic E-state index is 14.1. The van der Waals surface area contributed by atoms with E-state index in [4.69, 9.17) is 4.74 Å². The third kappa shape index (κ3) is 9.93. The van der Waals surface area contributed by atoms with Crippen LogP contribution in [0.2, 0.25) is 0 Å². The van der Waals surface area contributed by atoms with Gasteiger partial charge in [0.05, 0.1) is 23.3 Å². The molecule has 0 aliphatic rings. The van der Waals surface area contributed by atoms with Crippen LogP contribution in [0.5, 0.6) is 5.75 Å². The third-order valence-electron chi connectivity index (χ3n) is 5.01. The van der Waals surface area contributed by atoms with Crippen molar-refractivity contribution in [2.45, 2.75) is 44.4 Å². The lowest BCUT2D eigenvalue weighted by Crippen LogP contribution is -2.30. The molecule has 3 aromatic carbocycles. The van der Waals surface area contributed by atoms with Crippen LogP contribution in [0.3, 0.4) is 0 Å². The Balaban J connectivity index is 0.000000720. The second kappa shape index (κ2) is 15.8. The Morgan fingerprint density at radius 2 is 1.59 bits per heavy atom. The van der Waals surface area contributed by atoms with Crippen LogP contribution < -0.4 is 9.46 Å². The van der Waals surface area contributed by atoms with Crippen LogP contribution in [0.4, 0.5) is 26.3 Å². The highest BCUT2D eigenvalue weighted by Crippen LogP contribution is 2.37. The number of aryl methyl sites for hydroxylation is 1. The van der Waals surface area contributed by atoms with Crippen molar-refractivity contribution in [2.75, 3.05) is 0 Å². The summed E-state index contributed by atoms with van der Waals surface area (Å²) in [5.74, 6) is -6.81. The Bertz CT molecular complexity index is 1250. The van der Waals surface area contributed by atoms with Crippen molar-refractivity contribution < 1.29 is 35.3 Å². The Morgan fingerprint density at radius 3 is 2.08 bits per heavy atom. The molecule has 0 aliphatic carbocycles. The summed E-state index contributed by atoms with van der Waals surface area (Å²) in [6.45, 7) is 8.61. The van der Waals surface area contributed by atoms with Crippen molar-refractivity contribution in [1.82, 2.24) is 4.72 Å². The van der Waals surface area contributed by atoms with Crippen molar-refractivity contribution in [3.63, 3.8) is 0 Å². The lowest BCUT2D eigenvalue weighted by Gasteiger charge is -2.23. The minimum absolute atomic E-state index is 0.180. The van der Waals surface area contributed by atoms with E-state index in [1.807, 2.05) is 18.2 Å². The number of ether oxygens (including phenoxy) is 1. The van der Waals surface area contributed by atoms with Crippen LogP contribution in [0, 0.1) is 31.4 Å². The number of nitrogens with one attached hydrogen (secondary N) is 1. The summed E-state index contributed by atoms with van der Waals surface area (Å²) in [5.41, 5.74) is 0.0662. The maximum Gasteiger partial charge on any atom is 0.332 e. The minimum atomic E-state index is -4.60. The molecule has 0 aromatic heterocycles. The Hall–Kier alpha value is -3.55. The molecule has 0 radical (unpaired) electrons. The molecule has 1 unspecified atom stereocenters. The van der Waals surface area contributed by atoms with Gasteiger partial charge >= 0.3 is 12.3 Å². The van der Waals surface area contributed by atoms with Crippen LogP contribution in [0.25, 0.3) is 0 Å². The summed E-state index contributed by atoms with van der Waals surface area (Å²) in [7, 11) is -1.72. The molecule has 0 bridgehead atoms. The van der Waals surface area contributed by atoms with Crippen LogP contribution in [0.15, 0.2) is 79.6 Å². The first-order valence-electron chi connectivity index (χ1n) is 11.4. The zero-order valence-electron chi connectivity index (χ0n) is 21.5. The van der Waals surface area contributed by atoms with E-state index >= 15 is 0 Å². The number of benzene rings is 3. The molecule has 3 rings (SSSR count). The molecule has 210 valence electrons. The smallest absolute Gasteiger partial charge is 0.332 e. The summed E-state index contributed by atoms with van der Waals surface area (Å²) in [6, 6.07) is 14.4. The summed E-state index contributed by atoms with van der Waals surface area (Å²) in [5, 5.41) is -0.424. The average Bonchev–Trinajstić information content (AvgIpc) is 2.90. The normalized spacial score (nSPS) is 12.4. The van der Waals surface area contributed by atoms with Crippen molar-refractivity contribution >= 4 is 11.0 Å².